The van der Waals surface area contributed by atoms with Gasteiger partial charge in [-0.1, -0.05) is 0 Å². The van der Waals surface area contributed by atoms with Crippen LogP contribution in [0.1, 0.15) is 19.3 Å². The number of piperidine rings is 1. The second-order valence-electron chi connectivity index (χ2n) is 4.15. The average molecular weight is 153 g/mol. The lowest BCUT2D eigenvalue weighted by molar-refractivity contribution is -0.109. The minimum atomic E-state index is 0.394. The van der Waals surface area contributed by atoms with Crippen molar-refractivity contribution in [1.29, 1.82) is 0 Å². The largest absolute Gasteiger partial charge is 0.306 e. The van der Waals surface area contributed by atoms with E-state index in [1.54, 1.807) is 0 Å². The molecule has 0 radical (unpaired) electrons. The molecule has 2 nitrogen and oxygen atoms in total. The van der Waals surface area contributed by atoms with Crippen LogP contribution >= 0.6 is 0 Å². The predicted molar refractivity (Wildman–Crippen MR) is 43.3 cm³/mol. The number of likely N-dealkylation sites (tertiary alicyclic amines) is 1. The van der Waals surface area contributed by atoms with Crippen LogP contribution in [0.25, 0.3) is 0 Å². The fourth-order valence-corrected chi connectivity index (χ4v) is 2.44. The lowest BCUT2D eigenvalue weighted by atomic mass is 9.93. The van der Waals surface area contributed by atoms with Crippen molar-refractivity contribution >= 4 is 6.29 Å². The van der Waals surface area contributed by atoms with Crippen LogP contribution in [-0.4, -0.2) is 31.3 Å². The number of rotatable bonds is 1. The molecule has 62 valence electrons. The number of hydrogen-bond donors (Lipinski definition) is 0. The number of carbonyl (C=O) groups is 1. The zero-order valence-electron chi connectivity index (χ0n) is 7.05. The summed E-state index contributed by atoms with van der Waals surface area (Å²) in [7, 11) is 2.15. The first-order valence-corrected chi connectivity index (χ1v) is 4.41. The average Bonchev–Trinajstić information content (AvgIpc) is 2.63. The van der Waals surface area contributed by atoms with Crippen LogP contribution in [0.3, 0.4) is 0 Å². The van der Waals surface area contributed by atoms with Crippen molar-refractivity contribution < 1.29 is 4.79 Å². The van der Waals surface area contributed by atoms with Gasteiger partial charge in [-0.3, -0.25) is 0 Å². The molecule has 0 N–H and O–H groups in total. The monoisotopic (exact) mass is 153 g/mol. The predicted octanol–water partition coefficient (Wildman–Crippen LogP) is 0.917. The summed E-state index contributed by atoms with van der Waals surface area (Å²) in [5.41, 5.74) is 0.425. The first kappa shape index (κ1) is 7.29. The van der Waals surface area contributed by atoms with Gasteiger partial charge >= 0.3 is 0 Å². The number of nitrogens with zero attached hydrogens (tertiary/aromatic N) is 1. The molecule has 1 saturated heterocycles. The Hall–Kier alpha value is -0.370. The summed E-state index contributed by atoms with van der Waals surface area (Å²) < 4.78 is 0. The third kappa shape index (κ3) is 1.09. The first-order valence-electron chi connectivity index (χ1n) is 4.41. The van der Waals surface area contributed by atoms with Gasteiger partial charge in [0, 0.05) is 12.5 Å². The molecule has 1 saturated carbocycles. The summed E-state index contributed by atoms with van der Waals surface area (Å²) in [5.74, 6) is 0.394. The molecule has 2 rings (SSSR count). The Balaban J connectivity index is 1.99. The second-order valence-corrected chi connectivity index (χ2v) is 4.15. The van der Waals surface area contributed by atoms with Gasteiger partial charge in [0.15, 0.2) is 0 Å². The van der Waals surface area contributed by atoms with Crippen molar-refractivity contribution in [3.8, 4) is 0 Å². The Kier molecular flexibility index (Phi) is 1.53. The molecular weight excluding hydrogens is 138 g/mol. The fraction of sp³-hybridized carbons (Fsp3) is 0.889. The quantitative estimate of drug-likeness (QED) is 0.522. The molecule has 2 atom stereocenters. The summed E-state index contributed by atoms with van der Waals surface area (Å²) in [6.45, 7) is 2.36. The minimum absolute atomic E-state index is 0.394. The van der Waals surface area contributed by atoms with E-state index in [0.717, 1.165) is 19.3 Å². The van der Waals surface area contributed by atoms with Crippen LogP contribution in [-0.2, 0) is 4.79 Å². The second kappa shape index (κ2) is 2.31. The normalized spacial score (nSPS) is 44.3. The highest BCUT2D eigenvalue weighted by atomic mass is 16.1. The van der Waals surface area contributed by atoms with E-state index in [1.165, 1.54) is 19.4 Å². The van der Waals surface area contributed by atoms with Gasteiger partial charge in [0.2, 0.25) is 0 Å². The smallest absolute Gasteiger partial charge is 0.123 e. The zero-order chi connectivity index (χ0) is 7.90. The molecule has 0 aromatic rings. The fourth-order valence-electron chi connectivity index (χ4n) is 2.44. The Morgan fingerprint density at radius 2 is 2.45 bits per heavy atom. The van der Waals surface area contributed by atoms with Gasteiger partial charge in [-0.05, 0) is 38.3 Å². The van der Waals surface area contributed by atoms with Crippen molar-refractivity contribution in [3.63, 3.8) is 0 Å². The van der Waals surface area contributed by atoms with Crippen LogP contribution < -0.4 is 0 Å². The summed E-state index contributed by atoms with van der Waals surface area (Å²) in [6.07, 6.45) is 4.86. The van der Waals surface area contributed by atoms with E-state index in [-0.39, 0.29) is 0 Å². The van der Waals surface area contributed by atoms with Gasteiger partial charge in [0.25, 0.3) is 0 Å². The Morgan fingerprint density at radius 3 is 3.00 bits per heavy atom. The van der Waals surface area contributed by atoms with Crippen LogP contribution in [0.5, 0.6) is 0 Å². The molecule has 1 aliphatic carbocycles. The van der Waals surface area contributed by atoms with Gasteiger partial charge < -0.3 is 9.69 Å². The maximum atomic E-state index is 10.5. The van der Waals surface area contributed by atoms with Gasteiger partial charge in [-0.15, -0.1) is 0 Å². The van der Waals surface area contributed by atoms with Gasteiger partial charge in [-0.25, -0.2) is 0 Å². The van der Waals surface area contributed by atoms with E-state index in [1.807, 2.05) is 0 Å². The van der Waals surface area contributed by atoms with Crippen LogP contribution in [0.15, 0.2) is 0 Å². The molecular formula is C9H15NO. The summed E-state index contributed by atoms with van der Waals surface area (Å²) in [6, 6.07) is 0. The van der Waals surface area contributed by atoms with E-state index in [9.17, 15) is 4.79 Å². The van der Waals surface area contributed by atoms with Crippen LogP contribution in [0.2, 0.25) is 0 Å². The van der Waals surface area contributed by atoms with E-state index in [2.05, 4.69) is 11.9 Å². The van der Waals surface area contributed by atoms with Crippen molar-refractivity contribution in [2.45, 2.75) is 19.3 Å². The highest BCUT2D eigenvalue weighted by Crippen LogP contribution is 2.56. The SMILES string of the molecule is CN1CCCC2(CC2C=O)C1. The van der Waals surface area contributed by atoms with E-state index < -0.39 is 0 Å². The van der Waals surface area contributed by atoms with Gasteiger partial charge in [-0.2, -0.15) is 0 Å². The molecule has 2 aliphatic rings. The van der Waals surface area contributed by atoms with Crippen molar-refractivity contribution in [2.24, 2.45) is 11.3 Å². The van der Waals surface area contributed by atoms with Gasteiger partial charge in [0.05, 0.1) is 0 Å². The molecule has 11 heavy (non-hydrogen) atoms. The Bertz CT molecular complexity index is 180. The van der Waals surface area contributed by atoms with Crippen LogP contribution in [0.4, 0.5) is 0 Å². The van der Waals surface area contributed by atoms with Crippen molar-refractivity contribution in [2.75, 3.05) is 20.1 Å². The third-order valence-electron chi connectivity index (χ3n) is 3.22. The molecule has 2 unspecified atom stereocenters. The molecule has 1 aliphatic heterocycles. The topological polar surface area (TPSA) is 20.3 Å². The lowest BCUT2D eigenvalue weighted by Gasteiger charge is -2.30. The van der Waals surface area contributed by atoms with Crippen molar-refractivity contribution in [3.05, 3.63) is 0 Å². The molecule has 0 bridgehead atoms. The Morgan fingerprint density at radius 1 is 1.64 bits per heavy atom. The highest BCUT2D eigenvalue weighted by Gasteiger charge is 2.54. The number of aldehydes is 1. The standard InChI is InChI=1S/C9H15NO/c1-10-4-2-3-9(7-10)5-8(9)6-11/h6,8H,2-5,7H2,1H3. The number of hydrogen-bond acceptors (Lipinski definition) is 2. The molecule has 2 fully saturated rings. The molecule has 0 aromatic carbocycles. The molecule has 2 heteroatoms. The number of carbonyl (C=O) groups excluding carboxylic acids is 1. The molecule has 1 heterocycles. The lowest BCUT2D eigenvalue weighted by Crippen LogP contribution is -2.34. The van der Waals surface area contributed by atoms with E-state index in [4.69, 9.17) is 0 Å². The third-order valence-corrected chi connectivity index (χ3v) is 3.22. The maximum Gasteiger partial charge on any atom is 0.123 e. The molecule has 0 aromatic heterocycles. The zero-order valence-corrected chi connectivity index (χ0v) is 7.05. The first-order chi connectivity index (χ1) is 5.27. The maximum absolute atomic E-state index is 10.5. The minimum Gasteiger partial charge on any atom is -0.306 e. The summed E-state index contributed by atoms with van der Waals surface area (Å²) in [5, 5.41) is 0. The van der Waals surface area contributed by atoms with E-state index >= 15 is 0 Å². The van der Waals surface area contributed by atoms with E-state index in [0.29, 0.717) is 11.3 Å². The Labute approximate surface area is 67.6 Å². The summed E-state index contributed by atoms with van der Waals surface area (Å²) >= 11 is 0. The molecule has 1 spiro atoms. The summed E-state index contributed by atoms with van der Waals surface area (Å²) in [4.78, 5) is 12.9. The van der Waals surface area contributed by atoms with Crippen LogP contribution in [0, 0.1) is 11.3 Å². The van der Waals surface area contributed by atoms with Gasteiger partial charge in [0.1, 0.15) is 6.29 Å². The van der Waals surface area contributed by atoms with Crippen molar-refractivity contribution in [1.82, 2.24) is 4.90 Å². The highest BCUT2D eigenvalue weighted by molar-refractivity contribution is 5.60. The molecule has 0 amide bonds.